The van der Waals surface area contributed by atoms with Gasteiger partial charge in [0, 0.05) is 6.07 Å². The Balaban J connectivity index is 2.29. The number of aromatic nitrogens is 2. The van der Waals surface area contributed by atoms with E-state index in [1.165, 1.54) is 6.07 Å². The van der Waals surface area contributed by atoms with Crippen LogP contribution in [-0.2, 0) is 0 Å². The zero-order valence-electron chi connectivity index (χ0n) is 9.01. The average Bonchev–Trinajstić information content (AvgIpc) is 2.76. The molecule has 2 aromatic heterocycles. The number of para-hydroxylation sites is 1. The molecule has 0 radical (unpaired) electrons. The predicted molar refractivity (Wildman–Crippen MR) is 60.5 cm³/mol. The van der Waals surface area contributed by atoms with Crippen LogP contribution in [0, 0.1) is 6.92 Å². The summed E-state index contributed by atoms with van der Waals surface area (Å²) < 4.78 is 10.5. The maximum Gasteiger partial charge on any atom is 0.293 e. The number of hydrogen-bond acceptors (Lipinski definition) is 5. The van der Waals surface area contributed by atoms with Gasteiger partial charge >= 0.3 is 0 Å². The van der Waals surface area contributed by atoms with Crippen LogP contribution in [0.25, 0.3) is 22.6 Å². The molecule has 0 aliphatic heterocycles. The Morgan fingerprint density at radius 2 is 2.06 bits per heavy atom. The number of benzene rings is 1. The van der Waals surface area contributed by atoms with Crippen LogP contribution in [0.15, 0.2) is 44.1 Å². The maximum atomic E-state index is 11.8. The smallest absolute Gasteiger partial charge is 0.293 e. The lowest BCUT2D eigenvalue weighted by Gasteiger charge is -1.97. The lowest BCUT2D eigenvalue weighted by molar-refractivity contribution is 0.413. The highest BCUT2D eigenvalue weighted by Crippen LogP contribution is 2.19. The van der Waals surface area contributed by atoms with Crippen LogP contribution in [0.3, 0.4) is 0 Å². The predicted octanol–water partition coefficient (Wildman–Crippen LogP) is 2.15. The van der Waals surface area contributed by atoms with Crippen molar-refractivity contribution in [3.63, 3.8) is 0 Å². The zero-order chi connectivity index (χ0) is 11.8. The largest absolute Gasteiger partial charge is 0.451 e. The fourth-order valence-corrected chi connectivity index (χ4v) is 1.61. The van der Waals surface area contributed by atoms with Crippen molar-refractivity contribution in [2.75, 3.05) is 0 Å². The van der Waals surface area contributed by atoms with Crippen molar-refractivity contribution in [2.45, 2.75) is 6.92 Å². The highest BCUT2D eigenvalue weighted by atomic mass is 16.5. The van der Waals surface area contributed by atoms with Crippen LogP contribution in [0.1, 0.15) is 5.82 Å². The van der Waals surface area contributed by atoms with Crippen LogP contribution in [0.2, 0.25) is 0 Å². The lowest BCUT2D eigenvalue weighted by atomic mass is 10.2. The summed E-state index contributed by atoms with van der Waals surface area (Å²) in [7, 11) is 0. The van der Waals surface area contributed by atoms with E-state index in [-0.39, 0.29) is 17.1 Å². The van der Waals surface area contributed by atoms with E-state index in [0.717, 1.165) is 0 Å². The highest BCUT2D eigenvalue weighted by Gasteiger charge is 2.11. The molecule has 0 spiro atoms. The third-order valence-electron chi connectivity index (χ3n) is 2.37. The third-order valence-corrected chi connectivity index (χ3v) is 2.37. The molecule has 5 heteroatoms. The molecule has 0 amide bonds. The van der Waals surface area contributed by atoms with E-state index < -0.39 is 0 Å². The van der Waals surface area contributed by atoms with Crippen LogP contribution >= 0.6 is 0 Å². The summed E-state index contributed by atoms with van der Waals surface area (Å²) in [5.74, 6) is 0.996. The summed E-state index contributed by atoms with van der Waals surface area (Å²) >= 11 is 0. The second-order valence-corrected chi connectivity index (χ2v) is 3.62. The zero-order valence-corrected chi connectivity index (χ0v) is 9.01. The monoisotopic (exact) mass is 228 g/mol. The minimum Gasteiger partial charge on any atom is -0.451 e. The first-order valence-electron chi connectivity index (χ1n) is 5.07. The molecule has 0 N–H and O–H groups in total. The van der Waals surface area contributed by atoms with Crippen LogP contribution in [-0.4, -0.2) is 10.1 Å². The Bertz CT molecular complexity index is 743. The summed E-state index contributed by atoms with van der Waals surface area (Å²) in [5.41, 5.74) is 0.378. The van der Waals surface area contributed by atoms with Crippen molar-refractivity contribution in [1.29, 1.82) is 0 Å². The van der Waals surface area contributed by atoms with Gasteiger partial charge in [0.2, 0.25) is 0 Å². The van der Waals surface area contributed by atoms with Crippen molar-refractivity contribution < 1.29 is 8.94 Å². The summed E-state index contributed by atoms with van der Waals surface area (Å²) in [6.45, 7) is 1.70. The minimum absolute atomic E-state index is 0.127. The van der Waals surface area contributed by atoms with Crippen LogP contribution < -0.4 is 5.43 Å². The van der Waals surface area contributed by atoms with Crippen molar-refractivity contribution in [3.05, 3.63) is 46.4 Å². The topological polar surface area (TPSA) is 69.1 Å². The first kappa shape index (κ1) is 9.77. The van der Waals surface area contributed by atoms with Gasteiger partial charge in [0.25, 0.3) is 5.89 Å². The molecule has 84 valence electrons. The van der Waals surface area contributed by atoms with Crippen molar-refractivity contribution in [3.8, 4) is 11.7 Å². The molecule has 0 saturated carbocycles. The number of fused-ring (bicyclic) bond motifs is 1. The average molecular weight is 228 g/mol. The quantitative estimate of drug-likeness (QED) is 0.638. The van der Waals surface area contributed by atoms with Gasteiger partial charge in [-0.15, -0.1) is 0 Å². The molecule has 2 heterocycles. The first-order valence-corrected chi connectivity index (χ1v) is 5.07. The molecule has 1 aromatic carbocycles. The molecule has 5 nitrogen and oxygen atoms in total. The summed E-state index contributed by atoms with van der Waals surface area (Å²) in [5, 5.41) is 4.19. The molecule has 3 rings (SSSR count). The molecule has 0 fully saturated rings. The van der Waals surface area contributed by atoms with Crippen molar-refractivity contribution >= 4 is 11.0 Å². The van der Waals surface area contributed by atoms with Crippen molar-refractivity contribution in [1.82, 2.24) is 10.1 Å². The first-order chi connectivity index (χ1) is 8.24. The summed E-state index contributed by atoms with van der Waals surface area (Å²) in [4.78, 5) is 15.8. The number of nitrogens with zero attached hydrogens (tertiary/aromatic N) is 2. The van der Waals surface area contributed by atoms with Crippen LogP contribution in [0.4, 0.5) is 0 Å². The Morgan fingerprint density at radius 3 is 2.82 bits per heavy atom. The standard InChI is InChI=1S/C12H8N2O3/c1-7-13-12(17-14-7)11-6-9(15)8-4-2-3-5-10(8)16-11/h2-6H,1H3. The van der Waals surface area contributed by atoms with Gasteiger partial charge in [0.05, 0.1) is 5.39 Å². The molecule has 0 saturated heterocycles. The second kappa shape index (κ2) is 3.55. The highest BCUT2D eigenvalue weighted by molar-refractivity contribution is 5.77. The molecule has 0 unspecified atom stereocenters. The Morgan fingerprint density at radius 1 is 1.24 bits per heavy atom. The summed E-state index contributed by atoms with van der Waals surface area (Å²) in [6, 6.07) is 8.38. The number of rotatable bonds is 1. The molecule has 0 aliphatic carbocycles. The van der Waals surface area contributed by atoms with E-state index in [9.17, 15) is 4.79 Å². The van der Waals surface area contributed by atoms with Gasteiger partial charge in [-0.3, -0.25) is 4.79 Å². The van der Waals surface area contributed by atoms with Gasteiger partial charge in [-0.05, 0) is 19.1 Å². The molecule has 0 bridgehead atoms. The third kappa shape index (κ3) is 1.61. The molecule has 0 aliphatic rings. The van der Waals surface area contributed by atoms with E-state index in [0.29, 0.717) is 16.8 Å². The molecule has 0 atom stereocenters. The fraction of sp³-hybridized carbons (Fsp3) is 0.0833. The Labute approximate surface area is 95.7 Å². The maximum absolute atomic E-state index is 11.8. The minimum atomic E-state index is -0.127. The van der Waals surface area contributed by atoms with E-state index in [1.807, 2.05) is 0 Å². The van der Waals surface area contributed by atoms with Gasteiger partial charge in [0.1, 0.15) is 5.58 Å². The van der Waals surface area contributed by atoms with E-state index in [2.05, 4.69) is 10.1 Å². The van der Waals surface area contributed by atoms with E-state index in [1.54, 1.807) is 31.2 Å². The normalized spacial score (nSPS) is 10.9. The molecule has 3 aromatic rings. The lowest BCUT2D eigenvalue weighted by Crippen LogP contribution is -1.99. The molecule has 17 heavy (non-hydrogen) atoms. The Hall–Kier alpha value is -2.43. The number of hydrogen-bond donors (Lipinski definition) is 0. The second-order valence-electron chi connectivity index (χ2n) is 3.62. The number of aryl methyl sites for hydroxylation is 1. The van der Waals surface area contributed by atoms with Crippen molar-refractivity contribution in [2.24, 2.45) is 0 Å². The van der Waals surface area contributed by atoms with Gasteiger partial charge in [-0.2, -0.15) is 4.98 Å². The van der Waals surface area contributed by atoms with Crippen LogP contribution in [0.5, 0.6) is 0 Å². The van der Waals surface area contributed by atoms with Gasteiger partial charge in [0.15, 0.2) is 17.0 Å². The van der Waals surface area contributed by atoms with E-state index >= 15 is 0 Å². The van der Waals surface area contributed by atoms with Gasteiger partial charge < -0.3 is 8.94 Å². The van der Waals surface area contributed by atoms with Gasteiger partial charge in [-0.25, -0.2) is 0 Å². The van der Waals surface area contributed by atoms with Gasteiger partial charge in [-0.1, -0.05) is 17.3 Å². The molecular formula is C12H8N2O3. The SMILES string of the molecule is Cc1noc(-c2cc(=O)c3ccccc3o2)n1. The summed E-state index contributed by atoms with van der Waals surface area (Å²) in [6.07, 6.45) is 0. The van der Waals surface area contributed by atoms with E-state index in [4.69, 9.17) is 8.94 Å². The fourth-order valence-electron chi connectivity index (χ4n) is 1.61. The molecular weight excluding hydrogens is 220 g/mol. The Kier molecular flexibility index (Phi) is 2.04.